The Bertz CT molecular complexity index is 554. The number of ether oxygens (including phenoxy) is 2. The molecule has 0 spiro atoms. The lowest BCUT2D eigenvalue weighted by atomic mass is 9.99. The fourth-order valence-electron chi connectivity index (χ4n) is 1.82. The van der Waals surface area contributed by atoms with Crippen molar-refractivity contribution >= 4 is 17.8 Å². The van der Waals surface area contributed by atoms with Crippen LogP contribution in [-0.4, -0.2) is 42.7 Å². The van der Waals surface area contributed by atoms with Gasteiger partial charge in [-0.15, -0.1) is 0 Å². The predicted molar refractivity (Wildman–Crippen MR) is 81.8 cm³/mol. The van der Waals surface area contributed by atoms with Crippen molar-refractivity contribution in [3.8, 4) is 5.75 Å². The van der Waals surface area contributed by atoms with Gasteiger partial charge >= 0.3 is 11.9 Å². The topological polar surface area (TPSA) is 102 Å². The van der Waals surface area contributed by atoms with Crippen molar-refractivity contribution in [2.24, 2.45) is 5.92 Å². The maximum atomic E-state index is 11.8. The van der Waals surface area contributed by atoms with Crippen LogP contribution in [0.5, 0.6) is 5.75 Å². The van der Waals surface area contributed by atoms with Gasteiger partial charge in [-0.1, -0.05) is 20.3 Å². The summed E-state index contributed by atoms with van der Waals surface area (Å²) in [4.78, 5) is 35.3. The molecule has 0 radical (unpaired) electrons. The first-order valence-electron chi connectivity index (χ1n) is 7.22. The summed E-state index contributed by atoms with van der Waals surface area (Å²) in [7, 11) is 1.24. The third-order valence-corrected chi connectivity index (χ3v) is 3.42. The second kappa shape index (κ2) is 8.77. The normalized spacial score (nSPS) is 12.8. The van der Waals surface area contributed by atoms with Gasteiger partial charge in [-0.05, 0) is 30.2 Å². The fraction of sp³-hybridized carbons (Fsp3) is 0.438. The van der Waals surface area contributed by atoms with Gasteiger partial charge in [-0.25, -0.2) is 9.59 Å². The van der Waals surface area contributed by atoms with Crippen LogP contribution in [-0.2, 0) is 19.1 Å². The molecule has 0 aliphatic heterocycles. The van der Waals surface area contributed by atoms with Gasteiger partial charge in [0.15, 0.2) is 6.61 Å². The van der Waals surface area contributed by atoms with Gasteiger partial charge in [0.1, 0.15) is 11.8 Å². The van der Waals surface area contributed by atoms with Gasteiger partial charge in [-0.3, -0.25) is 4.79 Å². The van der Waals surface area contributed by atoms with Gasteiger partial charge in [0, 0.05) is 0 Å². The molecule has 0 unspecified atom stereocenters. The van der Waals surface area contributed by atoms with Crippen LogP contribution in [0.3, 0.4) is 0 Å². The molecule has 1 rings (SSSR count). The van der Waals surface area contributed by atoms with Crippen LogP contribution in [0.4, 0.5) is 0 Å². The molecule has 0 bridgehead atoms. The van der Waals surface area contributed by atoms with Gasteiger partial charge in [0.2, 0.25) is 0 Å². The molecule has 0 aliphatic rings. The van der Waals surface area contributed by atoms with Crippen LogP contribution >= 0.6 is 0 Å². The van der Waals surface area contributed by atoms with Crippen LogP contribution < -0.4 is 5.32 Å². The minimum atomic E-state index is -0.787. The monoisotopic (exact) mass is 323 g/mol. The molecule has 0 heterocycles. The highest BCUT2D eigenvalue weighted by Gasteiger charge is 2.26. The largest absolute Gasteiger partial charge is 0.508 e. The highest BCUT2D eigenvalue weighted by atomic mass is 16.5. The van der Waals surface area contributed by atoms with E-state index in [2.05, 4.69) is 10.1 Å². The summed E-state index contributed by atoms with van der Waals surface area (Å²) in [6.45, 7) is 3.19. The van der Waals surface area contributed by atoms with Crippen molar-refractivity contribution in [2.45, 2.75) is 26.3 Å². The number of benzene rings is 1. The van der Waals surface area contributed by atoms with Crippen LogP contribution in [0.15, 0.2) is 24.3 Å². The summed E-state index contributed by atoms with van der Waals surface area (Å²) in [6.07, 6.45) is 0.674. The number of phenols is 1. The third kappa shape index (κ3) is 5.61. The minimum absolute atomic E-state index is 0.0220. The predicted octanol–water partition coefficient (Wildman–Crippen LogP) is 1.25. The van der Waals surface area contributed by atoms with E-state index in [-0.39, 0.29) is 17.2 Å². The molecular weight excluding hydrogens is 302 g/mol. The lowest BCUT2D eigenvalue weighted by molar-refractivity contribution is -0.147. The Kier molecular flexibility index (Phi) is 7.05. The Labute approximate surface area is 134 Å². The second-order valence-corrected chi connectivity index (χ2v) is 5.08. The molecule has 1 amide bonds. The van der Waals surface area contributed by atoms with Crippen molar-refractivity contribution < 1.29 is 29.0 Å². The smallest absolute Gasteiger partial charge is 0.338 e. The van der Waals surface area contributed by atoms with Crippen LogP contribution in [0.25, 0.3) is 0 Å². The van der Waals surface area contributed by atoms with Crippen molar-refractivity contribution in [3.63, 3.8) is 0 Å². The highest BCUT2D eigenvalue weighted by Crippen LogP contribution is 2.11. The Morgan fingerprint density at radius 3 is 2.35 bits per heavy atom. The third-order valence-electron chi connectivity index (χ3n) is 3.42. The summed E-state index contributed by atoms with van der Waals surface area (Å²) >= 11 is 0. The van der Waals surface area contributed by atoms with E-state index in [0.29, 0.717) is 6.42 Å². The summed E-state index contributed by atoms with van der Waals surface area (Å²) in [6, 6.07) is 4.66. The minimum Gasteiger partial charge on any atom is -0.508 e. The molecule has 0 fully saturated rings. The number of amides is 1. The number of phenolic OH excluding ortho intramolecular Hbond substituents is 1. The Hall–Kier alpha value is -2.57. The van der Waals surface area contributed by atoms with E-state index in [1.54, 1.807) is 0 Å². The summed E-state index contributed by atoms with van der Waals surface area (Å²) in [5.41, 5.74) is 0.210. The molecule has 0 saturated carbocycles. The maximum Gasteiger partial charge on any atom is 0.338 e. The molecule has 0 aliphatic carbocycles. The molecule has 2 N–H and O–H groups in total. The van der Waals surface area contributed by atoms with E-state index >= 15 is 0 Å². The van der Waals surface area contributed by atoms with Crippen LogP contribution in [0.1, 0.15) is 30.6 Å². The fourth-order valence-corrected chi connectivity index (χ4v) is 1.82. The lowest BCUT2D eigenvalue weighted by Gasteiger charge is -2.21. The Morgan fingerprint density at radius 1 is 1.22 bits per heavy atom. The van der Waals surface area contributed by atoms with E-state index in [1.807, 2.05) is 13.8 Å². The zero-order chi connectivity index (χ0) is 17.4. The van der Waals surface area contributed by atoms with Crippen molar-refractivity contribution in [2.75, 3.05) is 13.7 Å². The molecule has 0 aromatic heterocycles. The Balaban J connectivity index is 2.56. The van der Waals surface area contributed by atoms with E-state index in [0.717, 1.165) is 0 Å². The number of esters is 2. The lowest BCUT2D eigenvalue weighted by Crippen LogP contribution is -2.47. The second-order valence-electron chi connectivity index (χ2n) is 5.08. The maximum absolute atomic E-state index is 11.8. The molecule has 2 atom stereocenters. The van der Waals surface area contributed by atoms with E-state index in [1.165, 1.54) is 31.4 Å². The number of rotatable bonds is 7. The molecule has 0 saturated heterocycles. The number of methoxy groups -OCH3 is 1. The molecule has 7 heteroatoms. The summed E-state index contributed by atoms with van der Waals surface area (Å²) < 4.78 is 9.53. The van der Waals surface area contributed by atoms with Gasteiger partial charge in [0.25, 0.3) is 5.91 Å². The summed E-state index contributed by atoms with van der Waals surface area (Å²) in [5.74, 6) is -1.92. The number of aromatic hydroxyl groups is 1. The number of hydrogen-bond donors (Lipinski definition) is 2. The molecule has 1 aromatic carbocycles. The average Bonchev–Trinajstić information content (AvgIpc) is 2.56. The first kappa shape index (κ1) is 18.5. The zero-order valence-corrected chi connectivity index (χ0v) is 13.4. The highest BCUT2D eigenvalue weighted by molar-refractivity contribution is 5.92. The van der Waals surface area contributed by atoms with Crippen molar-refractivity contribution in [1.82, 2.24) is 5.32 Å². The van der Waals surface area contributed by atoms with Gasteiger partial charge < -0.3 is 19.9 Å². The first-order chi connectivity index (χ1) is 10.9. The van der Waals surface area contributed by atoms with E-state index in [9.17, 15) is 14.4 Å². The Morgan fingerprint density at radius 2 is 1.83 bits per heavy atom. The van der Waals surface area contributed by atoms with Crippen molar-refractivity contribution in [1.29, 1.82) is 0 Å². The molecular formula is C16H21NO6. The number of hydrogen-bond acceptors (Lipinski definition) is 6. The standard InChI is InChI=1S/C16H21NO6/c1-4-10(2)14(16(21)22-3)17-13(19)9-23-15(20)11-5-7-12(18)8-6-11/h5-8,10,14,18H,4,9H2,1-3H3,(H,17,19)/t10-,14-/m1/s1. The van der Waals surface area contributed by atoms with E-state index < -0.39 is 30.5 Å². The van der Waals surface area contributed by atoms with Gasteiger partial charge in [-0.2, -0.15) is 0 Å². The number of carbonyl (C=O) groups excluding carboxylic acids is 3. The summed E-state index contributed by atoms with van der Waals surface area (Å²) in [5, 5.41) is 11.7. The molecule has 1 aromatic rings. The van der Waals surface area contributed by atoms with Crippen LogP contribution in [0, 0.1) is 5.92 Å². The molecule has 23 heavy (non-hydrogen) atoms. The van der Waals surface area contributed by atoms with E-state index in [4.69, 9.17) is 9.84 Å². The molecule has 126 valence electrons. The number of carbonyl (C=O) groups is 3. The van der Waals surface area contributed by atoms with Crippen molar-refractivity contribution in [3.05, 3.63) is 29.8 Å². The zero-order valence-electron chi connectivity index (χ0n) is 13.4. The number of nitrogens with one attached hydrogen (secondary N) is 1. The quantitative estimate of drug-likeness (QED) is 0.732. The van der Waals surface area contributed by atoms with Crippen LogP contribution in [0.2, 0.25) is 0 Å². The first-order valence-corrected chi connectivity index (χ1v) is 7.22. The van der Waals surface area contributed by atoms with Gasteiger partial charge in [0.05, 0.1) is 12.7 Å². The SMILES string of the molecule is CC[C@@H](C)[C@@H](NC(=O)COC(=O)c1ccc(O)cc1)C(=O)OC. The molecule has 7 nitrogen and oxygen atoms in total. The average molecular weight is 323 g/mol.